The van der Waals surface area contributed by atoms with Gasteiger partial charge in [0.15, 0.2) is 5.78 Å². The predicted molar refractivity (Wildman–Crippen MR) is 131 cm³/mol. The topological polar surface area (TPSA) is 133 Å². The molecule has 188 valence electrons. The number of likely N-dealkylation sites (tertiary alicyclic amines) is 1. The van der Waals surface area contributed by atoms with Crippen molar-refractivity contribution in [2.24, 2.45) is 5.92 Å². The molecule has 0 radical (unpaired) electrons. The van der Waals surface area contributed by atoms with Crippen molar-refractivity contribution in [3.63, 3.8) is 0 Å². The van der Waals surface area contributed by atoms with Crippen LogP contribution in [0.3, 0.4) is 0 Å². The number of aliphatic carboxylic acids is 2. The van der Waals surface area contributed by atoms with Crippen LogP contribution in [-0.2, 0) is 25.7 Å². The number of carboxylic acid groups (broad SMARTS) is 2. The predicted octanol–water partition coefficient (Wildman–Crippen LogP) is 3.57. The second-order valence-electron chi connectivity index (χ2n) is 8.15. The summed E-state index contributed by atoms with van der Waals surface area (Å²) >= 11 is 5.89. The highest BCUT2D eigenvalue weighted by molar-refractivity contribution is 6.30. The van der Waals surface area contributed by atoms with E-state index in [4.69, 9.17) is 36.1 Å². The summed E-state index contributed by atoms with van der Waals surface area (Å²) in [6.07, 6.45) is 2.06. The van der Waals surface area contributed by atoms with Crippen LogP contribution in [0.2, 0.25) is 5.02 Å². The van der Waals surface area contributed by atoms with Crippen molar-refractivity contribution in [2.45, 2.75) is 26.4 Å². The molecule has 1 amide bonds. The summed E-state index contributed by atoms with van der Waals surface area (Å²) in [5, 5.41) is 18.4. The molecular formula is C25H29ClN2O7. The molecular weight excluding hydrogens is 476 g/mol. The molecule has 1 fully saturated rings. The minimum atomic E-state index is -1.82. The molecule has 3 rings (SSSR count). The van der Waals surface area contributed by atoms with Crippen LogP contribution >= 0.6 is 11.6 Å². The molecule has 10 heteroatoms. The smallest absolute Gasteiger partial charge is 0.414 e. The van der Waals surface area contributed by atoms with Gasteiger partial charge in [-0.05, 0) is 80.7 Å². The summed E-state index contributed by atoms with van der Waals surface area (Å²) in [5.41, 5.74) is 2.48. The van der Waals surface area contributed by atoms with Crippen molar-refractivity contribution < 1.29 is 34.1 Å². The molecule has 1 saturated heterocycles. The highest BCUT2D eigenvalue weighted by Crippen LogP contribution is 2.19. The summed E-state index contributed by atoms with van der Waals surface area (Å²) in [7, 11) is 0. The Morgan fingerprint density at radius 1 is 0.971 bits per heavy atom. The SMILES string of the molecule is CC(=O)c1ccc(NC(=O)CN2CCC(COCc3ccc(Cl)cc3)CC2)cc1.O=C(O)C(=O)O. The van der Waals surface area contributed by atoms with Gasteiger partial charge in [0.05, 0.1) is 13.2 Å². The number of rotatable bonds is 8. The largest absolute Gasteiger partial charge is 0.473 e. The lowest BCUT2D eigenvalue weighted by atomic mass is 9.98. The average molecular weight is 505 g/mol. The second-order valence-corrected chi connectivity index (χ2v) is 8.59. The van der Waals surface area contributed by atoms with Gasteiger partial charge in [0.1, 0.15) is 0 Å². The minimum absolute atomic E-state index is 0.0166. The number of carboxylic acids is 2. The minimum Gasteiger partial charge on any atom is -0.473 e. The van der Waals surface area contributed by atoms with Crippen LogP contribution in [0.5, 0.6) is 0 Å². The highest BCUT2D eigenvalue weighted by Gasteiger charge is 2.21. The van der Waals surface area contributed by atoms with Gasteiger partial charge >= 0.3 is 11.9 Å². The van der Waals surface area contributed by atoms with Gasteiger partial charge in [-0.3, -0.25) is 14.5 Å². The number of ether oxygens (including phenoxy) is 1. The van der Waals surface area contributed by atoms with E-state index in [2.05, 4.69) is 10.2 Å². The number of ketones is 1. The van der Waals surface area contributed by atoms with Crippen molar-refractivity contribution in [2.75, 3.05) is 31.6 Å². The summed E-state index contributed by atoms with van der Waals surface area (Å²) < 4.78 is 5.86. The van der Waals surface area contributed by atoms with Crippen molar-refractivity contribution in [1.29, 1.82) is 0 Å². The number of amides is 1. The molecule has 0 unspecified atom stereocenters. The van der Waals surface area contributed by atoms with E-state index in [1.54, 1.807) is 24.3 Å². The van der Waals surface area contributed by atoms with Crippen LogP contribution in [0, 0.1) is 5.92 Å². The van der Waals surface area contributed by atoms with E-state index in [0.29, 0.717) is 30.3 Å². The molecule has 1 aliphatic rings. The molecule has 9 nitrogen and oxygen atoms in total. The lowest BCUT2D eigenvalue weighted by Crippen LogP contribution is -2.40. The number of hydrogen-bond acceptors (Lipinski definition) is 6. The lowest BCUT2D eigenvalue weighted by Gasteiger charge is -2.31. The number of nitrogens with zero attached hydrogens (tertiary/aromatic N) is 1. The third kappa shape index (κ3) is 10.7. The van der Waals surface area contributed by atoms with E-state index in [0.717, 1.165) is 43.1 Å². The Hall–Kier alpha value is -3.27. The zero-order valence-corrected chi connectivity index (χ0v) is 20.2. The van der Waals surface area contributed by atoms with E-state index in [-0.39, 0.29) is 11.7 Å². The maximum atomic E-state index is 12.3. The van der Waals surface area contributed by atoms with Crippen LogP contribution in [0.1, 0.15) is 35.7 Å². The van der Waals surface area contributed by atoms with E-state index in [1.165, 1.54) is 6.92 Å². The van der Waals surface area contributed by atoms with E-state index >= 15 is 0 Å². The average Bonchev–Trinajstić information content (AvgIpc) is 2.82. The molecule has 3 N–H and O–H groups in total. The van der Waals surface area contributed by atoms with Crippen LogP contribution in [-0.4, -0.2) is 65.0 Å². The zero-order valence-electron chi connectivity index (χ0n) is 19.4. The zero-order chi connectivity index (χ0) is 25.8. The molecule has 35 heavy (non-hydrogen) atoms. The van der Waals surface area contributed by atoms with Crippen LogP contribution in [0.4, 0.5) is 5.69 Å². The van der Waals surface area contributed by atoms with Gasteiger partial charge in [-0.2, -0.15) is 0 Å². The number of halogens is 1. The van der Waals surface area contributed by atoms with E-state index in [9.17, 15) is 9.59 Å². The maximum absolute atomic E-state index is 12.3. The Kier molecular flexibility index (Phi) is 11.4. The van der Waals surface area contributed by atoms with Gasteiger partial charge in [0.25, 0.3) is 0 Å². The molecule has 0 saturated carbocycles. The van der Waals surface area contributed by atoms with Crippen molar-refractivity contribution in [3.8, 4) is 0 Å². The number of benzene rings is 2. The number of anilines is 1. The molecule has 1 aliphatic heterocycles. The van der Waals surface area contributed by atoms with Gasteiger partial charge in [-0.25, -0.2) is 9.59 Å². The first-order valence-corrected chi connectivity index (χ1v) is 11.4. The van der Waals surface area contributed by atoms with E-state index < -0.39 is 11.9 Å². The number of piperidine rings is 1. The van der Waals surface area contributed by atoms with Gasteiger partial charge in [-0.1, -0.05) is 23.7 Å². The van der Waals surface area contributed by atoms with E-state index in [1.807, 2.05) is 24.3 Å². The Labute approximate surface area is 208 Å². The lowest BCUT2D eigenvalue weighted by molar-refractivity contribution is -0.159. The Morgan fingerprint density at radius 2 is 1.54 bits per heavy atom. The first-order chi connectivity index (χ1) is 16.6. The van der Waals surface area contributed by atoms with Crippen molar-refractivity contribution in [3.05, 3.63) is 64.7 Å². The third-order valence-electron chi connectivity index (χ3n) is 5.37. The molecule has 0 bridgehead atoms. The standard InChI is InChI=1S/C23H27ClN2O3.C2H2O4/c1-17(27)20-4-8-22(9-5-20)25-23(28)14-26-12-10-19(11-13-26)16-29-15-18-2-6-21(24)7-3-18;3-1(4)2(5)6/h2-9,19H,10-16H2,1H3,(H,25,28);(H,3,4)(H,5,6). The summed E-state index contributed by atoms with van der Waals surface area (Å²) in [6.45, 7) is 5.04. The second kappa shape index (κ2) is 14.2. The fourth-order valence-corrected chi connectivity index (χ4v) is 3.55. The fraction of sp³-hybridized carbons (Fsp3) is 0.360. The van der Waals surface area contributed by atoms with Crippen LogP contribution < -0.4 is 5.32 Å². The molecule has 0 atom stereocenters. The number of nitrogens with one attached hydrogen (secondary N) is 1. The Bertz CT molecular complexity index is 989. The molecule has 0 aromatic heterocycles. The maximum Gasteiger partial charge on any atom is 0.414 e. The van der Waals surface area contributed by atoms with Crippen LogP contribution in [0.15, 0.2) is 48.5 Å². The first kappa shape index (κ1) is 28.0. The first-order valence-electron chi connectivity index (χ1n) is 11.1. The van der Waals surface area contributed by atoms with Crippen molar-refractivity contribution >= 4 is 40.9 Å². The van der Waals surface area contributed by atoms with Gasteiger partial charge in [0, 0.05) is 22.9 Å². The number of carbonyl (C=O) groups excluding carboxylic acids is 2. The normalized spacial score (nSPS) is 13.9. The highest BCUT2D eigenvalue weighted by atomic mass is 35.5. The van der Waals surface area contributed by atoms with Crippen molar-refractivity contribution in [1.82, 2.24) is 4.90 Å². The van der Waals surface area contributed by atoms with Gasteiger partial charge in [-0.15, -0.1) is 0 Å². The number of hydrogen-bond donors (Lipinski definition) is 3. The summed E-state index contributed by atoms with van der Waals surface area (Å²) in [5.74, 6) is -3.13. The summed E-state index contributed by atoms with van der Waals surface area (Å²) in [6, 6.07) is 14.7. The molecule has 1 heterocycles. The Morgan fingerprint density at radius 3 is 2.06 bits per heavy atom. The summed E-state index contributed by atoms with van der Waals surface area (Å²) in [4.78, 5) is 44.0. The molecule has 0 aliphatic carbocycles. The van der Waals surface area contributed by atoms with Gasteiger partial charge in [0.2, 0.25) is 5.91 Å². The molecule has 2 aromatic carbocycles. The quantitative estimate of drug-likeness (QED) is 0.367. The number of Topliss-reactive ketones (excluding diaryl/α,β-unsaturated/α-hetero) is 1. The Balaban J connectivity index is 0.000000641. The van der Waals surface area contributed by atoms with Crippen LogP contribution in [0.25, 0.3) is 0 Å². The molecule has 2 aromatic rings. The monoisotopic (exact) mass is 504 g/mol. The van der Waals surface area contributed by atoms with Gasteiger partial charge < -0.3 is 20.3 Å². The molecule has 0 spiro atoms. The fourth-order valence-electron chi connectivity index (χ4n) is 3.43. The number of carbonyl (C=O) groups is 4. The third-order valence-corrected chi connectivity index (χ3v) is 5.62.